The van der Waals surface area contributed by atoms with Crippen LogP contribution in [0.4, 0.5) is 13.2 Å². The van der Waals surface area contributed by atoms with E-state index in [9.17, 15) is 13.2 Å². The van der Waals surface area contributed by atoms with E-state index in [0.29, 0.717) is 11.5 Å². The lowest BCUT2D eigenvalue weighted by atomic mass is 10.0. The van der Waals surface area contributed by atoms with Crippen LogP contribution in [-0.4, -0.2) is 22.9 Å². The van der Waals surface area contributed by atoms with Crippen molar-refractivity contribution in [3.8, 4) is 11.5 Å². The van der Waals surface area contributed by atoms with E-state index in [2.05, 4.69) is 4.98 Å². The lowest BCUT2D eigenvalue weighted by Crippen LogP contribution is -2.22. The van der Waals surface area contributed by atoms with Gasteiger partial charge in [0.05, 0.1) is 17.8 Å². The molecule has 0 radical (unpaired) electrons. The Labute approximate surface area is 120 Å². The molecule has 0 amide bonds. The number of aliphatic hydroxyl groups is 1. The molecule has 0 saturated carbocycles. The van der Waals surface area contributed by atoms with Gasteiger partial charge in [0, 0.05) is 6.61 Å². The average molecular weight is 297 g/mol. The fraction of sp³-hybridized carbons (Fsp3) is 0.267. The van der Waals surface area contributed by atoms with Gasteiger partial charge in [-0.2, -0.15) is 13.2 Å². The maximum absolute atomic E-state index is 12.9. The quantitative estimate of drug-likeness (QED) is 0.910. The van der Waals surface area contributed by atoms with Crippen molar-refractivity contribution < 1.29 is 23.0 Å². The third-order valence-corrected chi connectivity index (χ3v) is 2.91. The van der Waals surface area contributed by atoms with Crippen molar-refractivity contribution >= 4 is 0 Å². The molecular weight excluding hydrogens is 283 g/mol. The number of hydrogen-bond acceptors (Lipinski definition) is 3. The SMILES string of the molecule is OCCC(c1ccc(Oc2ccccc2)cn1)C(F)(F)F. The van der Waals surface area contributed by atoms with Gasteiger partial charge >= 0.3 is 6.18 Å². The number of rotatable bonds is 5. The van der Waals surface area contributed by atoms with Gasteiger partial charge < -0.3 is 9.84 Å². The van der Waals surface area contributed by atoms with Crippen molar-refractivity contribution in [1.29, 1.82) is 0 Å². The molecule has 0 aliphatic carbocycles. The van der Waals surface area contributed by atoms with Crippen LogP contribution >= 0.6 is 0 Å². The second kappa shape index (κ2) is 6.58. The van der Waals surface area contributed by atoms with Crippen LogP contribution < -0.4 is 4.74 Å². The normalized spacial score (nSPS) is 13.0. The molecule has 112 valence electrons. The highest BCUT2D eigenvalue weighted by molar-refractivity contribution is 5.30. The number of benzene rings is 1. The third kappa shape index (κ3) is 4.19. The zero-order valence-electron chi connectivity index (χ0n) is 11.0. The number of pyridine rings is 1. The van der Waals surface area contributed by atoms with Gasteiger partial charge in [-0.1, -0.05) is 18.2 Å². The smallest absolute Gasteiger partial charge is 0.397 e. The number of ether oxygens (including phenoxy) is 1. The minimum absolute atomic E-state index is 0.128. The van der Waals surface area contributed by atoms with Crippen molar-refractivity contribution in [2.45, 2.75) is 18.5 Å². The van der Waals surface area contributed by atoms with Crippen LogP contribution in [0, 0.1) is 0 Å². The average Bonchev–Trinajstić information content (AvgIpc) is 2.46. The van der Waals surface area contributed by atoms with Gasteiger partial charge in [-0.15, -0.1) is 0 Å². The summed E-state index contributed by atoms with van der Waals surface area (Å²) in [5.41, 5.74) is -0.128. The van der Waals surface area contributed by atoms with Gasteiger partial charge in [0.25, 0.3) is 0 Å². The zero-order chi connectivity index (χ0) is 15.3. The first kappa shape index (κ1) is 15.3. The topological polar surface area (TPSA) is 42.4 Å². The van der Waals surface area contributed by atoms with Gasteiger partial charge in [0.2, 0.25) is 0 Å². The molecule has 1 aromatic carbocycles. The van der Waals surface area contributed by atoms with Crippen LogP contribution in [0.2, 0.25) is 0 Å². The van der Waals surface area contributed by atoms with Crippen molar-refractivity contribution in [2.75, 3.05) is 6.61 Å². The van der Waals surface area contributed by atoms with Gasteiger partial charge in [-0.25, -0.2) is 0 Å². The lowest BCUT2D eigenvalue weighted by molar-refractivity contribution is -0.154. The largest absolute Gasteiger partial charge is 0.456 e. The van der Waals surface area contributed by atoms with E-state index in [1.807, 2.05) is 6.07 Å². The molecule has 0 fully saturated rings. The van der Waals surface area contributed by atoms with E-state index in [1.54, 1.807) is 24.3 Å². The minimum Gasteiger partial charge on any atom is -0.456 e. The highest BCUT2D eigenvalue weighted by Gasteiger charge is 2.41. The molecule has 0 spiro atoms. The Hall–Kier alpha value is -2.08. The molecule has 1 heterocycles. The van der Waals surface area contributed by atoms with E-state index in [-0.39, 0.29) is 5.69 Å². The molecule has 0 bridgehead atoms. The van der Waals surface area contributed by atoms with E-state index >= 15 is 0 Å². The Morgan fingerprint density at radius 3 is 2.29 bits per heavy atom. The maximum atomic E-state index is 12.9. The number of aliphatic hydroxyl groups excluding tert-OH is 1. The first-order valence-corrected chi connectivity index (χ1v) is 6.37. The Morgan fingerprint density at radius 2 is 1.76 bits per heavy atom. The number of nitrogens with zero attached hydrogens (tertiary/aromatic N) is 1. The first-order chi connectivity index (χ1) is 10.0. The number of alkyl halides is 3. The summed E-state index contributed by atoms with van der Waals surface area (Å²) in [6.07, 6.45) is -3.59. The number of hydrogen-bond donors (Lipinski definition) is 1. The van der Waals surface area contributed by atoms with Gasteiger partial charge in [-0.05, 0) is 30.7 Å². The van der Waals surface area contributed by atoms with E-state index < -0.39 is 25.1 Å². The Kier molecular flexibility index (Phi) is 4.80. The van der Waals surface area contributed by atoms with Crippen LogP contribution in [-0.2, 0) is 0 Å². The fourth-order valence-electron chi connectivity index (χ4n) is 1.89. The summed E-state index contributed by atoms with van der Waals surface area (Å²) in [7, 11) is 0. The van der Waals surface area contributed by atoms with Crippen LogP contribution in [0.15, 0.2) is 48.7 Å². The Balaban J connectivity index is 2.14. The first-order valence-electron chi connectivity index (χ1n) is 6.37. The van der Waals surface area contributed by atoms with Crippen molar-refractivity contribution in [1.82, 2.24) is 4.98 Å². The molecule has 2 rings (SSSR count). The molecule has 1 atom stereocenters. The molecule has 6 heteroatoms. The molecular formula is C15H14F3NO2. The molecule has 0 saturated heterocycles. The number of para-hydroxylation sites is 1. The summed E-state index contributed by atoms with van der Waals surface area (Å²) in [6.45, 7) is -0.547. The Bertz CT molecular complexity index is 555. The highest BCUT2D eigenvalue weighted by Crippen LogP contribution is 2.36. The molecule has 1 N–H and O–H groups in total. The van der Waals surface area contributed by atoms with Crippen molar-refractivity contribution in [3.05, 3.63) is 54.4 Å². The summed E-state index contributed by atoms with van der Waals surface area (Å²) < 4.78 is 44.0. The van der Waals surface area contributed by atoms with E-state index in [0.717, 1.165) is 0 Å². The third-order valence-electron chi connectivity index (χ3n) is 2.91. The number of aromatic nitrogens is 1. The van der Waals surface area contributed by atoms with Gasteiger partial charge in [-0.3, -0.25) is 4.98 Å². The second-order valence-corrected chi connectivity index (χ2v) is 4.44. The monoisotopic (exact) mass is 297 g/mol. The Morgan fingerprint density at radius 1 is 1.05 bits per heavy atom. The summed E-state index contributed by atoms with van der Waals surface area (Å²) in [4.78, 5) is 3.80. The molecule has 0 aliphatic rings. The summed E-state index contributed by atoms with van der Waals surface area (Å²) in [5.74, 6) is -0.835. The predicted molar refractivity (Wildman–Crippen MR) is 71.3 cm³/mol. The van der Waals surface area contributed by atoms with Crippen LogP contribution in [0.25, 0.3) is 0 Å². The predicted octanol–water partition coefficient (Wildman–Crippen LogP) is 3.90. The van der Waals surface area contributed by atoms with E-state index in [1.165, 1.54) is 18.3 Å². The van der Waals surface area contributed by atoms with Crippen molar-refractivity contribution in [2.24, 2.45) is 0 Å². The summed E-state index contributed by atoms with van der Waals surface area (Å²) in [5, 5.41) is 8.76. The number of halogens is 3. The molecule has 0 aliphatic heterocycles. The molecule has 21 heavy (non-hydrogen) atoms. The van der Waals surface area contributed by atoms with Crippen molar-refractivity contribution in [3.63, 3.8) is 0 Å². The highest BCUT2D eigenvalue weighted by atomic mass is 19.4. The zero-order valence-corrected chi connectivity index (χ0v) is 11.0. The molecule has 3 nitrogen and oxygen atoms in total. The molecule has 2 aromatic rings. The van der Waals surface area contributed by atoms with Gasteiger partial charge in [0.15, 0.2) is 0 Å². The van der Waals surface area contributed by atoms with Crippen LogP contribution in [0.3, 0.4) is 0 Å². The summed E-state index contributed by atoms with van der Waals surface area (Å²) >= 11 is 0. The lowest BCUT2D eigenvalue weighted by Gasteiger charge is -2.19. The molecule has 1 unspecified atom stereocenters. The molecule has 1 aromatic heterocycles. The van der Waals surface area contributed by atoms with Crippen LogP contribution in [0.1, 0.15) is 18.0 Å². The van der Waals surface area contributed by atoms with Gasteiger partial charge in [0.1, 0.15) is 11.5 Å². The van der Waals surface area contributed by atoms with E-state index in [4.69, 9.17) is 9.84 Å². The fourth-order valence-corrected chi connectivity index (χ4v) is 1.89. The minimum atomic E-state index is -4.43. The summed E-state index contributed by atoms with van der Waals surface area (Å²) in [6, 6.07) is 11.6. The second-order valence-electron chi connectivity index (χ2n) is 4.44. The maximum Gasteiger partial charge on any atom is 0.397 e. The standard InChI is InChI=1S/C15H14F3NO2/c16-15(17,18)13(8-9-20)14-7-6-12(10-19-14)21-11-4-2-1-3-5-11/h1-7,10,13,20H,8-9H2. The van der Waals surface area contributed by atoms with Crippen LogP contribution in [0.5, 0.6) is 11.5 Å².